The molecule has 0 saturated heterocycles. The molecule has 1 aliphatic rings. The summed E-state index contributed by atoms with van der Waals surface area (Å²) < 4.78 is 0. The summed E-state index contributed by atoms with van der Waals surface area (Å²) in [6.45, 7) is 0. The summed E-state index contributed by atoms with van der Waals surface area (Å²) in [4.78, 5) is 4.60. The van der Waals surface area contributed by atoms with Gasteiger partial charge in [-0.05, 0) is 25.0 Å². The highest BCUT2D eigenvalue weighted by Gasteiger charge is 2.13. The van der Waals surface area contributed by atoms with Crippen LogP contribution in [0.2, 0.25) is 5.02 Å². The molecular formula is C13H19ClN4. The predicted molar refractivity (Wildman–Crippen MR) is 76.7 cm³/mol. The van der Waals surface area contributed by atoms with Gasteiger partial charge in [-0.25, -0.2) is 10.8 Å². The fourth-order valence-corrected chi connectivity index (χ4v) is 2.37. The van der Waals surface area contributed by atoms with Gasteiger partial charge in [-0.3, -0.25) is 5.43 Å². The molecule has 4 N–H and O–H groups in total. The third-order valence-electron chi connectivity index (χ3n) is 3.15. The molecule has 0 aliphatic heterocycles. The first-order chi connectivity index (χ1) is 8.79. The lowest BCUT2D eigenvalue weighted by Gasteiger charge is -2.19. The number of aliphatic imine (C=N–C) groups is 1. The van der Waals surface area contributed by atoms with Crippen molar-refractivity contribution in [3.8, 4) is 0 Å². The summed E-state index contributed by atoms with van der Waals surface area (Å²) in [5, 5.41) is 3.78. The van der Waals surface area contributed by atoms with E-state index >= 15 is 0 Å². The van der Waals surface area contributed by atoms with E-state index < -0.39 is 0 Å². The number of halogens is 1. The normalized spacial score (nSPS) is 17.6. The van der Waals surface area contributed by atoms with E-state index in [1.165, 1.54) is 19.3 Å². The van der Waals surface area contributed by atoms with E-state index in [4.69, 9.17) is 17.4 Å². The van der Waals surface area contributed by atoms with Crippen LogP contribution in [0.1, 0.15) is 32.1 Å². The maximum Gasteiger partial charge on any atom is 0.210 e. The molecular weight excluding hydrogens is 248 g/mol. The van der Waals surface area contributed by atoms with Gasteiger partial charge in [-0.15, -0.1) is 0 Å². The molecule has 0 heterocycles. The van der Waals surface area contributed by atoms with Crippen LogP contribution in [0.25, 0.3) is 0 Å². The van der Waals surface area contributed by atoms with Crippen molar-refractivity contribution in [2.24, 2.45) is 10.8 Å². The zero-order chi connectivity index (χ0) is 12.8. The third-order valence-corrected chi connectivity index (χ3v) is 3.48. The van der Waals surface area contributed by atoms with Crippen LogP contribution in [0, 0.1) is 0 Å². The molecule has 1 saturated carbocycles. The van der Waals surface area contributed by atoms with Crippen LogP contribution in [0.3, 0.4) is 0 Å². The Balaban J connectivity index is 2.04. The van der Waals surface area contributed by atoms with E-state index in [9.17, 15) is 0 Å². The summed E-state index contributed by atoms with van der Waals surface area (Å²) in [6.07, 6.45) is 6.08. The smallest absolute Gasteiger partial charge is 0.210 e. The van der Waals surface area contributed by atoms with Gasteiger partial charge in [-0.1, -0.05) is 43.0 Å². The molecule has 1 aliphatic carbocycles. The van der Waals surface area contributed by atoms with Gasteiger partial charge in [0.05, 0.1) is 16.8 Å². The average Bonchev–Trinajstić information content (AvgIpc) is 2.41. The van der Waals surface area contributed by atoms with Gasteiger partial charge < -0.3 is 5.32 Å². The largest absolute Gasteiger partial charge is 0.324 e. The quantitative estimate of drug-likeness (QED) is 0.334. The second kappa shape index (κ2) is 6.61. The first kappa shape index (κ1) is 13.2. The van der Waals surface area contributed by atoms with Crippen molar-refractivity contribution in [3.63, 3.8) is 0 Å². The lowest BCUT2D eigenvalue weighted by molar-refractivity contribution is 0.442. The van der Waals surface area contributed by atoms with Crippen LogP contribution in [0.4, 0.5) is 5.69 Å². The molecule has 4 nitrogen and oxygen atoms in total. The van der Waals surface area contributed by atoms with E-state index in [1.807, 2.05) is 24.3 Å². The van der Waals surface area contributed by atoms with Crippen LogP contribution in [0.5, 0.6) is 0 Å². The van der Waals surface area contributed by atoms with Crippen molar-refractivity contribution in [3.05, 3.63) is 29.3 Å². The number of nitrogens with zero attached hydrogens (tertiary/aromatic N) is 1. The van der Waals surface area contributed by atoms with Crippen molar-refractivity contribution in [1.82, 2.24) is 5.43 Å². The number of benzene rings is 1. The van der Waals surface area contributed by atoms with Crippen molar-refractivity contribution in [2.75, 3.05) is 5.32 Å². The maximum absolute atomic E-state index is 6.08. The van der Waals surface area contributed by atoms with Gasteiger partial charge >= 0.3 is 0 Å². The molecule has 0 bridgehead atoms. The molecule has 0 spiro atoms. The van der Waals surface area contributed by atoms with Gasteiger partial charge in [0.2, 0.25) is 5.96 Å². The second-order valence-corrected chi connectivity index (χ2v) is 4.93. The lowest BCUT2D eigenvalue weighted by Crippen LogP contribution is -2.37. The van der Waals surface area contributed by atoms with Gasteiger partial charge in [0.1, 0.15) is 0 Å². The molecule has 0 atom stereocenters. The highest BCUT2D eigenvalue weighted by atomic mass is 35.5. The van der Waals surface area contributed by atoms with Crippen LogP contribution in [-0.4, -0.2) is 12.0 Å². The summed E-state index contributed by atoms with van der Waals surface area (Å²) >= 11 is 6.08. The number of guanidine groups is 1. The summed E-state index contributed by atoms with van der Waals surface area (Å²) in [6, 6.07) is 7.90. The Bertz CT molecular complexity index is 413. The Labute approximate surface area is 113 Å². The highest BCUT2D eigenvalue weighted by Crippen LogP contribution is 2.22. The zero-order valence-electron chi connectivity index (χ0n) is 10.3. The summed E-state index contributed by atoms with van der Waals surface area (Å²) in [5.74, 6) is 6.08. The number of nitrogens with two attached hydrogens (primary N) is 1. The Hall–Kier alpha value is -1.26. The summed E-state index contributed by atoms with van der Waals surface area (Å²) in [5.41, 5.74) is 3.42. The minimum Gasteiger partial charge on any atom is -0.324 e. The van der Waals surface area contributed by atoms with Crippen molar-refractivity contribution < 1.29 is 0 Å². The first-order valence-electron chi connectivity index (χ1n) is 6.35. The van der Waals surface area contributed by atoms with Crippen LogP contribution in [0.15, 0.2) is 29.3 Å². The van der Waals surface area contributed by atoms with Gasteiger partial charge in [0.15, 0.2) is 0 Å². The molecule has 0 aromatic heterocycles. The standard InChI is InChI=1S/C13H19ClN4/c14-11-8-4-5-9-12(11)17-13(18-15)16-10-6-2-1-3-7-10/h4-5,8-10H,1-3,6-7,15H2,(H2,16,17,18). The van der Waals surface area contributed by atoms with E-state index in [0.29, 0.717) is 17.0 Å². The number of rotatable bonds is 2. The van der Waals surface area contributed by atoms with Crippen molar-refractivity contribution in [2.45, 2.75) is 38.1 Å². The molecule has 0 amide bonds. The van der Waals surface area contributed by atoms with E-state index in [1.54, 1.807) is 0 Å². The number of nitrogens with one attached hydrogen (secondary N) is 2. The van der Waals surface area contributed by atoms with Crippen molar-refractivity contribution in [1.29, 1.82) is 0 Å². The fourth-order valence-electron chi connectivity index (χ4n) is 2.19. The molecule has 1 fully saturated rings. The highest BCUT2D eigenvalue weighted by molar-refractivity contribution is 6.33. The van der Waals surface area contributed by atoms with Gasteiger partial charge in [-0.2, -0.15) is 0 Å². The Kier molecular flexibility index (Phi) is 4.84. The van der Waals surface area contributed by atoms with E-state index in [0.717, 1.165) is 18.5 Å². The van der Waals surface area contributed by atoms with Crippen LogP contribution in [-0.2, 0) is 0 Å². The van der Waals surface area contributed by atoms with Gasteiger partial charge in [0.25, 0.3) is 0 Å². The monoisotopic (exact) mass is 266 g/mol. The molecule has 0 unspecified atom stereocenters. The Morgan fingerprint density at radius 3 is 2.61 bits per heavy atom. The zero-order valence-corrected chi connectivity index (χ0v) is 11.1. The minimum absolute atomic E-state index is 0.361. The lowest BCUT2D eigenvalue weighted by atomic mass is 9.96. The fraction of sp³-hybridized carbons (Fsp3) is 0.462. The van der Waals surface area contributed by atoms with Gasteiger partial charge in [0, 0.05) is 0 Å². The minimum atomic E-state index is 0.361. The van der Waals surface area contributed by atoms with Crippen LogP contribution >= 0.6 is 11.6 Å². The first-order valence-corrected chi connectivity index (χ1v) is 6.73. The molecule has 1 aromatic carbocycles. The molecule has 1 aromatic rings. The van der Waals surface area contributed by atoms with E-state index in [2.05, 4.69) is 15.7 Å². The predicted octanol–water partition coefficient (Wildman–Crippen LogP) is 2.90. The number of anilines is 1. The molecule has 2 rings (SSSR count). The molecule has 18 heavy (non-hydrogen) atoms. The SMILES string of the molecule is NNC(=NC1CCCCC1)Nc1ccccc1Cl. The maximum atomic E-state index is 6.08. The molecule has 98 valence electrons. The third kappa shape index (κ3) is 3.62. The van der Waals surface area contributed by atoms with Crippen molar-refractivity contribution >= 4 is 23.2 Å². The molecule has 0 radical (unpaired) electrons. The Morgan fingerprint density at radius 1 is 1.22 bits per heavy atom. The molecule has 5 heteroatoms. The number of hydrogen-bond acceptors (Lipinski definition) is 2. The number of hydrogen-bond donors (Lipinski definition) is 3. The van der Waals surface area contributed by atoms with Crippen LogP contribution < -0.4 is 16.6 Å². The number of para-hydroxylation sites is 1. The van der Waals surface area contributed by atoms with E-state index in [-0.39, 0.29) is 0 Å². The second-order valence-electron chi connectivity index (χ2n) is 4.52. The summed E-state index contributed by atoms with van der Waals surface area (Å²) in [7, 11) is 0. The topological polar surface area (TPSA) is 62.4 Å². The number of hydrazine groups is 1. The Morgan fingerprint density at radius 2 is 1.94 bits per heavy atom. The average molecular weight is 267 g/mol.